The topological polar surface area (TPSA) is 115 Å². The minimum atomic E-state index is -0.879. The molecule has 0 saturated carbocycles. The van der Waals surface area contributed by atoms with Crippen molar-refractivity contribution in [2.24, 2.45) is 0 Å². The first-order valence-corrected chi connectivity index (χ1v) is 10.9. The van der Waals surface area contributed by atoms with Crippen LogP contribution in [0.2, 0.25) is 0 Å². The fourth-order valence-corrected chi connectivity index (χ4v) is 3.00. The van der Waals surface area contributed by atoms with Gasteiger partial charge in [-0.1, -0.05) is 97.1 Å². The van der Waals surface area contributed by atoms with Crippen LogP contribution in [-0.4, -0.2) is 32.4 Å². The van der Waals surface area contributed by atoms with E-state index in [-0.39, 0.29) is 0 Å². The Morgan fingerprint density at radius 3 is 0.971 bits per heavy atom. The minimum absolute atomic E-state index is 0.314. The van der Waals surface area contributed by atoms with Crippen molar-refractivity contribution in [1.29, 1.82) is 0 Å². The van der Waals surface area contributed by atoms with Gasteiger partial charge in [0.05, 0.1) is 23.3 Å². The first kappa shape index (κ1) is 27.0. The second-order valence-corrected chi connectivity index (χ2v) is 7.43. The summed E-state index contributed by atoms with van der Waals surface area (Å²) >= 11 is 0. The lowest BCUT2D eigenvalue weighted by Crippen LogP contribution is -2.05. The van der Waals surface area contributed by atoms with Crippen LogP contribution in [0.4, 0.5) is 0 Å². The van der Waals surface area contributed by atoms with Crippen molar-refractivity contribution in [3.05, 3.63) is 144 Å². The van der Waals surface area contributed by atoms with Crippen LogP contribution in [0, 0.1) is 0 Å². The van der Waals surface area contributed by atoms with Gasteiger partial charge in [-0.05, 0) is 35.4 Å². The van der Waals surface area contributed by atoms with Gasteiger partial charge < -0.3 is 20.4 Å². The van der Waals surface area contributed by atoms with E-state index in [0.717, 1.165) is 11.1 Å². The van der Waals surface area contributed by atoms with Crippen molar-refractivity contribution in [1.82, 2.24) is 0 Å². The highest BCUT2D eigenvalue weighted by molar-refractivity contribution is 5.87. The molecule has 35 heavy (non-hydrogen) atoms. The van der Waals surface area contributed by atoms with Gasteiger partial charge in [0, 0.05) is 6.42 Å². The summed E-state index contributed by atoms with van der Waals surface area (Å²) in [6.07, 6.45) is -0.952. The first-order valence-electron chi connectivity index (χ1n) is 10.9. The third kappa shape index (κ3) is 10.0. The van der Waals surface area contributed by atoms with Gasteiger partial charge in [0.25, 0.3) is 0 Å². The van der Waals surface area contributed by atoms with E-state index in [0.29, 0.717) is 17.5 Å². The zero-order chi connectivity index (χ0) is 25.5. The van der Waals surface area contributed by atoms with Gasteiger partial charge in [-0.3, -0.25) is 0 Å². The molecule has 2 unspecified atom stereocenters. The van der Waals surface area contributed by atoms with E-state index in [4.69, 9.17) is 10.2 Å². The Labute approximate surface area is 204 Å². The average Bonchev–Trinajstić information content (AvgIpc) is 2.91. The highest BCUT2D eigenvalue weighted by atomic mass is 16.4. The zero-order valence-corrected chi connectivity index (χ0v) is 19.0. The van der Waals surface area contributed by atoms with Gasteiger partial charge in [0.15, 0.2) is 0 Å². The molecule has 0 spiro atoms. The number of carbonyl (C=O) groups is 2. The van der Waals surface area contributed by atoms with Crippen LogP contribution in [0.5, 0.6) is 0 Å². The van der Waals surface area contributed by atoms with Gasteiger partial charge in [0.1, 0.15) is 0 Å². The number of aliphatic hydroxyl groups excluding tert-OH is 2. The molecule has 0 aromatic heterocycles. The molecule has 6 nitrogen and oxygen atoms in total. The van der Waals surface area contributed by atoms with Gasteiger partial charge in [0.2, 0.25) is 0 Å². The number of carboxylic acid groups (broad SMARTS) is 2. The number of aliphatic hydroxyl groups is 2. The van der Waals surface area contributed by atoms with Crippen LogP contribution in [0.15, 0.2) is 121 Å². The Balaban J connectivity index is 0.000000203. The summed E-state index contributed by atoms with van der Waals surface area (Å²) in [5, 5.41) is 36.8. The predicted molar refractivity (Wildman–Crippen MR) is 134 cm³/mol. The van der Waals surface area contributed by atoms with Gasteiger partial charge >= 0.3 is 11.9 Å². The van der Waals surface area contributed by atoms with E-state index < -0.39 is 24.1 Å². The average molecular weight is 473 g/mol. The monoisotopic (exact) mass is 472 g/mol. The second kappa shape index (κ2) is 14.8. The van der Waals surface area contributed by atoms with E-state index >= 15 is 0 Å². The summed E-state index contributed by atoms with van der Waals surface area (Å²) in [6, 6.07) is 35.4. The predicted octanol–water partition coefficient (Wildman–Crippen LogP) is 5.61. The first-order chi connectivity index (χ1) is 16.9. The van der Waals surface area contributed by atoms with Crippen LogP contribution >= 0.6 is 0 Å². The smallest absolute Gasteiger partial charge is 0.335 e. The molecular weight excluding hydrogens is 444 g/mol. The molecule has 4 rings (SSSR count). The van der Waals surface area contributed by atoms with E-state index in [1.54, 1.807) is 60.7 Å². The standard InChI is InChI=1S/C15H16O2.2C7H6O2/c16-14(12-7-3-1-4-8-12)11-15(17)13-9-5-2-6-10-13;2*8-7(9)6-4-2-1-3-5-6/h1-10,14-17H,11H2;2*1-5H,(H,8,9). The number of rotatable bonds is 6. The van der Waals surface area contributed by atoms with Crippen LogP contribution < -0.4 is 0 Å². The van der Waals surface area contributed by atoms with Crippen molar-refractivity contribution in [2.45, 2.75) is 18.6 Å². The van der Waals surface area contributed by atoms with Crippen molar-refractivity contribution in [3.63, 3.8) is 0 Å². The van der Waals surface area contributed by atoms with E-state index in [1.807, 2.05) is 60.7 Å². The molecule has 0 aliphatic heterocycles. The SMILES string of the molecule is O=C(O)c1ccccc1.O=C(O)c1ccccc1.OC(CC(O)c1ccccc1)c1ccccc1. The lowest BCUT2D eigenvalue weighted by Gasteiger charge is -2.16. The molecule has 0 radical (unpaired) electrons. The summed E-state index contributed by atoms with van der Waals surface area (Å²) in [4.78, 5) is 20.4. The summed E-state index contributed by atoms with van der Waals surface area (Å²) in [7, 11) is 0. The Bertz CT molecular complexity index is 1040. The molecule has 0 saturated heterocycles. The molecule has 0 aliphatic rings. The third-order valence-electron chi connectivity index (χ3n) is 4.86. The van der Waals surface area contributed by atoms with Gasteiger partial charge in [-0.2, -0.15) is 0 Å². The molecule has 4 aromatic carbocycles. The number of carboxylic acids is 2. The van der Waals surface area contributed by atoms with Crippen molar-refractivity contribution in [3.8, 4) is 0 Å². The fourth-order valence-electron chi connectivity index (χ4n) is 3.00. The molecule has 4 N–H and O–H groups in total. The zero-order valence-electron chi connectivity index (χ0n) is 19.0. The molecule has 180 valence electrons. The molecule has 4 aromatic rings. The molecule has 0 aliphatic carbocycles. The Hall–Kier alpha value is -4.26. The summed E-state index contributed by atoms with van der Waals surface area (Å²) in [6.45, 7) is 0. The van der Waals surface area contributed by atoms with E-state index in [2.05, 4.69) is 0 Å². The van der Waals surface area contributed by atoms with Gasteiger partial charge in [-0.15, -0.1) is 0 Å². The molecule has 0 bridgehead atoms. The molecule has 0 heterocycles. The summed E-state index contributed by atoms with van der Waals surface area (Å²) < 4.78 is 0. The van der Waals surface area contributed by atoms with Crippen molar-refractivity contribution >= 4 is 11.9 Å². The number of benzene rings is 4. The fraction of sp³-hybridized carbons (Fsp3) is 0.103. The lowest BCUT2D eigenvalue weighted by atomic mass is 9.99. The molecule has 0 amide bonds. The minimum Gasteiger partial charge on any atom is -0.478 e. The maximum Gasteiger partial charge on any atom is 0.335 e. The lowest BCUT2D eigenvalue weighted by molar-refractivity contribution is 0.0686. The molecule has 2 atom stereocenters. The van der Waals surface area contributed by atoms with Crippen molar-refractivity contribution in [2.75, 3.05) is 0 Å². The Kier molecular flexibility index (Phi) is 11.4. The molecular formula is C29H28O6. The molecule has 0 fully saturated rings. The summed E-state index contributed by atoms with van der Waals surface area (Å²) in [5.41, 5.74) is 2.33. The van der Waals surface area contributed by atoms with E-state index in [9.17, 15) is 19.8 Å². The number of aromatic carboxylic acids is 2. The Morgan fingerprint density at radius 1 is 0.486 bits per heavy atom. The second-order valence-electron chi connectivity index (χ2n) is 7.43. The molecule has 6 heteroatoms. The van der Waals surface area contributed by atoms with Crippen molar-refractivity contribution < 1.29 is 30.0 Å². The van der Waals surface area contributed by atoms with Crippen LogP contribution in [0.1, 0.15) is 50.5 Å². The van der Waals surface area contributed by atoms with E-state index in [1.165, 1.54) is 0 Å². The quantitative estimate of drug-likeness (QED) is 0.290. The van der Waals surface area contributed by atoms with Crippen LogP contribution in [-0.2, 0) is 0 Å². The highest BCUT2D eigenvalue weighted by Gasteiger charge is 2.14. The Morgan fingerprint density at radius 2 is 0.743 bits per heavy atom. The van der Waals surface area contributed by atoms with Crippen LogP contribution in [0.3, 0.4) is 0 Å². The maximum atomic E-state index is 10.2. The van der Waals surface area contributed by atoms with Crippen LogP contribution in [0.25, 0.3) is 0 Å². The number of hydrogen-bond donors (Lipinski definition) is 4. The highest BCUT2D eigenvalue weighted by Crippen LogP contribution is 2.25. The number of hydrogen-bond acceptors (Lipinski definition) is 4. The largest absolute Gasteiger partial charge is 0.478 e. The normalized spacial score (nSPS) is 11.5. The summed E-state index contributed by atoms with van der Waals surface area (Å²) in [5.74, 6) is -1.76. The van der Waals surface area contributed by atoms with Gasteiger partial charge in [-0.25, -0.2) is 9.59 Å². The third-order valence-corrected chi connectivity index (χ3v) is 4.86. The maximum absolute atomic E-state index is 10.2.